The number of rotatable bonds is 5. The van der Waals surface area contributed by atoms with E-state index in [0.29, 0.717) is 22.7 Å². The van der Waals surface area contributed by atoms with Crippen LogP contribution in [0.2, 0.25) is 5.02 Å². The predicted molar refractivity (Wildman–Crippen MR) is 118 cm³/mol. The molecule has 2 aliphatic heterocycles. The van der Waals surface area contributed by atoms with E-state index in [0.717, 1.165) is 49.9 Å². The number of imide groups is 1. The van der Waals surface area contributed by atoms with E-state index in [2.05, 4.69) is 4.98 Å². The maximum Gasteiger partial charge on any atom is 0.326 e. The Morgan fingerprint density at radius 1 is 1.00 bits per heavy atom. The molecule has 31 heavy (non-hydrogen) atoms. The summed E-state index contributed by atoms with van der Waals surface area (Å²) in [5.74, 6) is -0.374. The van der Waals surface area contributed by atoms with Crippen LogP contribution in [0.4, 0.5) is 0 Å². The molecule has 3 heterocycles. The number of hydrogen-bond acceptors (Lipinski definition) is 3. The molecule has 0 atom stereocenters. The van der Waals surface area contributed by atoms with Gasteiger partial charge in [0.05, 0.1) is 41.8 Å². The third kappa shape index (κ3) is 3.58. The van der Waals surface area contributed by atoms with E-state index in [9.17, 15) is 14.4 Å². The van der Waals surface area contributed by atoms with Crippen molar-refractivity contribution < 1.29 is 14.5 Å². The number of carbonyl (C=O) groups is 2. The number of likely N-dealkylation sites (tertiary alicyclic amines) is 1. The first-order valence-corrected chi connectivity index (χ1v) is 11.1. The number of fused-ring (bicyclic) bond motifs is 2. The third-order valence-electron chi connectivity index (χ3n) is 6.50. The highest BCUT2D eigenvalue weighted by Crippen LogP contribution is 2.24. The topological polar surface area (TPSA) is 79.6 Å². The van der Waals surface area contributed by atoms with Crippen molar-refractivity contribution in [3.05, 3.63) is 69.1 Å². The fraction of sp³-hybridized carbons (Fsp3) is 0.348. The van der Waals surface area contributed by atoms with Crippen molar-refractivity contribution in [3.8, 4) is 0 Å². The number of amides is 2. The number of nitrogens with one attached hydrogen (secondary N) is 2. The number of halogens is 1. The van der Waals surface area contributed by atoms with Crippen LogP contribution in [0.25, 0.3) is 11.0 Å². The molecule has 3 aromatic rings. The SMILES string of the molecule is O=C1c2ccccc2C(=O)N1CCC[NH+]1CCC(n2c(=O)[nH]c3cc(Cl)ccc32)CC1. The van der Waals surface area contributed by atoms with Crippen LogP contribution in [0, 0.1) is 0 Å². The second-order valence-corrected chi connectivity index (χ2v) is 8.79. The molecule has 1 fully saturated rings. The molecule has 2 N–H and O–H groups in total. The lowest BCUT2D eigenvalue weighted by Gasteiger charge is -2.30. The van der Waals surface area contributed by atoms with Gasteiger partial charge in [0.25, 0.3) is 11.8 Å². The van der Waals surface area contributed by atoms with E-state index in [-0.39, 0.29) is 23.5 Å². The molecule has 0 spiro atoms. The summed E-state index contributed by atoms with van der Waals surface area (Å²) < 4.78 is 1.86. The van der Waals surface area contributed by atoms with Gasteiger partial charge in [-0.15, -0.1) is 0 Å². The second-order valence-electron chi connectivity index (χ2n) is 8.35. The number of quaternary nitrogens is 1. The van der Waals surface area contributed by atoms with Gasteiger partial charge in [-0.2, -0.15) is 0 Å². The molecule has 1 aromatic heterocycles. The highest BCUT2D eigenvalue weighted by molar-refractivity contribution is 6.31. The van der Waals surface area contributed by atoms with E-state index >= 15 is 0 Å². The van der Waals surface area contributed by atoms with Crippen LogP contribution in [-0.2, 0) is 0 Å². The zero-order valence-corrected chi connectivity index (χ0v) is 17.8. The van der Waals surface area contributed by atoms with Crippen LogP contribution in [0.5, 0.6) is 0 Å². The largest absolute Gasteiger partial charge is 0.335 e. The van der Waals surface area contributed by atoms with Gasteiger partial charge in [-0.3, -0.25) is 19.1 Å². The van der Waals surface area contributed by atoms with Gasteiger partial charge in [0.1, 0.15) is 0 Å². The Bertz CT molecular complexity index is 1190. The summed E-state index contributed by atoms with van der Waals surface area (Å²) in [6.45, 7) is 3.26. The molecule has 160 valence electrons. The van der Waals surface area contributed by atoms with Crippen molar-refractivity contribution in [3.63, 3.8) is 0 Å². The first kappa shape index (κ1) is 20.0. The summed E-state index contributed by atoms with van der Waals surface area (Å²) in [6, 6.07) is 12.7. The van der Waals surface area contributed by atoms with E-state index in [1.807, 2.05) is 16.7 Å². The fourth-order valence-electron chi connectivity index (χ4n) is 4.91. The first-order valence-electron chi connectivity index (χ1n) is 10.7. The summed E-state index contributed by atoms with van der Waals surface area (Å²) in [4.78, 5) is 43.2. The lowest BCUT2D eigenvalue weighted by Crippen LogP contribution is -3.13. The van der Waals surface area contributed by atoms with Crippen molar-refractivity contribution >= 4 is 34.4 Å². The number of nitrogens with zero attached hydrogens (tertiary/aromatic N) is 2. The number of benzene rings is 2. The highest BCUT2D eigenvalue weighted by Gasteiger charge is 2.35. The number of hydrogen-bond donors (Lipinski definition) is 2. The Morgan fingerprint density at radius 3 is 2.35 bits per heavy atom. The van der Waals surface area contributed by atoms with Gasteiger partial charge in [-0.1, -0.05) is 23.7 Å². The second kappa shape index (κ2) is 7.98. The first-order chi connectivity index (χ1) is 15.0. The molecule has 0 radical (unpaired) electrons. The number of aromatic nitrogens is 2. The lowest BCUT2D eigenvalue weighted by atomic mass is 10.0. The Kier molecular flexibility index (Phi) is 5.16. The van der Waals surface area contributed by atoms with Gasteiger partial charge in [0.15, 0.2) is 0 Å². The normalized spacial score (nSPS) is 21.1. The summed E-state index contributed by atoms with van der Waals surface area (Å²) in [7, 11) is 0. The van der Waals surface area contributed by atoms with E-state index < -0.39 is 0 Å². The van der Waals surface area contributed by atoms with Crippen LogP contribution >= 0.6 is 11.6 Å². The predicted octanol–water partition coefficient (Wildman–Crippen LogP) is 1.89. The Balaban J connectivity index is 1.17. The molecule has 1 saturated heterocycles. The summed E-state index contributed by atoms with van der Waals surface area (Å²) in [6.07, 6.45) is 2.60. The average molecular weight is 440 g/mol. The van der Waals surface area contributed by atoms with Crippen LogP contribution in [-0.4, -0.2) is 52.4 Å². The minimum absolute atomic E-state index is 0.0867. The van der Waals surface area contributed by atoms with Crippen LogP contribution in [0.1, 0.15) is 46.0 Å². The molecule has 0 aliphatic carbocycles. The molecular formula is C23H24ClN4O3+. The molecular weight excluding hydrogens is 416 g/mol. The quantitative estimate of drug-likeness (QED) is 0.596. The number of piperidine rings is 1. The molecule has 7 nitrogen and oxygen atoms in total. The smallest absolute Gasteiger partial charge is 0.326 e. The minimum atomic E-state index is -0.187. The lowest BCUT2D eigenvalue weighted by molar-refractivity contribution is -0.905. The molecule has 2 aromatic carbocycles. The summed E-state index contributed by atoms with van der Waals surface area (Å²) in [5, 5.41) is 0.609. The van der Waals surface area contributed by atoms with Crippen molar-refractivity contribution in [1.82, 2.24) is 14.5 Å². The van der Waals surface area contributed by atoms with Crippen molar-refractivity contribution in [2.75, 3.05) is 26.2 Å². The van der Waals surface area contributed by atoms with Crippen LogP contribution in [0.15, 0.2) is 47.3 Å². The van der Waals surface area contributed by atoms with Crippen molar-refractivity contribution in [2.24, 2.45) is 0 Å². The maximum atomic E-state index is 12.5. The van der Waals surface area contributed by atoms with Gasteiger partial charge >= 0.3 is 5.69 Å². The molecule has 2 amide bonds. The van der Waals surface area contributed by atoms with E-state index in [1.54, 1.807) is 30.3 Å². The Hall–Kier alpha value is -2.90. The van der Waals surface area contributed by atoms with Gasteiger partial charge in [-0.25, -0.2) is 4.79 Å². The number of imidazole rings is 1. The van der Waals surface area contributed by atoms with E-state index in [1.165, 1.54) is 9.80 Å². The van der Waals surface area contributed by atoms with Gasteiger partial charge in [0.2, 0.25) is 0 Å². The number of carbonyl (C=O) groups excluding carboxylic acids is 2. The number of aromatic amines is 1. The molecule has 0 unspecified atom stereocenters. The average Bonchev–Trinajstić information content (AvgIpc) is 3.22. The third-order valence-corrected chi connectivity index (χ3v) is 6.73. The monoisotopic (exact) mass is 439 g/mol. The molecule has 5 rings (SSSR count). The van der Waals surface area contributed by atoms with Gasteiger partial charge in [-0.05, 0) is 30.3 Å². The molecule has 0 saturated carbocycles. The summed E-state index contributed by atoms with van der Waals surface area (Å²) >= 11 is 6.04. The van der Waals surface area contributed by atoms with Crippen molar-refractivity contribution in [1.29, 1.82) is 0 Å². The van der Waals surface area contributed by atoms with Gasteiger partial charge in [0, 0.05) is 36.9 Å². The standard InChI is InChI=1S/C23H23ClN4O3/c24-15-6-7-20-19(14-15)25-23(31)28(20)16-8-12-26(13-9-16)10-3-11-27-21(29)17-4-1-2-5-18(17)22(27)30/h1-2,4-7,14,16H,3,8-13H2,(H,25,31)/p+1. The molecule has 0 bridgehead atoms. The molecule has 8 heteroatoms. The summed E-state index contributed by atoms with van der Waals surface area (Å²) in [5.41, 5.74) is 2.59. The minimum Gasteiger partial charge on any atom is -0.335 e. The number of H-pyrrole nitrogens is 1. The van der Waals surface area contributed by atoms with E-state index in [4.69, 9.17) is 11.6 Å². The Morgan fingerprint density at radius 2 is 1.68 bits per heavy atom. The maximum absolute atomic E-state index is 12.5. The fourth-order valence-corrected chi connectivity index (χ4v) is 5.09. The zero-order valence-electron chi connectivity index (χ0n) is 17.1. The molecule has 2 aliphatic rings. The van der Waals surface area contributed by atoms with Crippen molar-refractivity contribution in [2.45, 2.75) is 25.3 Å². The van der Waals surface area contributed by atoms with Crippen LogP contribution in [0.3, 0.4) is 0 Å². The highest BCUT2D eigenvalue weighted by atomic mass is 35.5. The van der Waals surface area contributed by atoms with Crippen LogP contribution < -0.4 is 10.6 Å². The van der Waals surface area contributed by atoms with Gasteiger partial charge < -0.3 is 9.88 Å². The Labute approximate surface area is 184 Å². The zero-order chi connectivity index (χ0) is 21.5.